The Hall–Kier alpha value is -1.17. The molecule has 0 radical (unpaired) electrons. The largest absolute Gasteiger partial charge is 0.468 e. The molecule has 2 aromatic rings. The number of nitrogens with one attached hydrogen (secondary N) is 1. The topological polar surface area (TPSA) is 38.3 Å². The first-order valence-electron chi connectivity index (χ1n) is 5.15. The van der Waals surface area contributed by atoms with Gasteiger partial charge in [-0.05, 0) is 44.8 Å². The van der Waals surface area contributed by atoms with E-state index in [0.717, 1.165) is 5.56 Å². The third kappa shape index (κ3) is 3.15. The van der Waals surface area contributed by atoms with E-state index in [1.165, 1.54) is 12.7 Å². The highest BCUT2D eigenvalue weighted by molar-refractivity contribution is 7.08. The van der Waals surface area contributed by atoms with E-state index in [2.05, 4.69) is 10.7 Å². The van der Waals surface area contributed by atoms with Crippen LogP contribution in [0.25, 0.3) is 0 Å². The van der Waals surface area contributed by atoms with Crippen molar-refractivity contribution >= 4 is 28.6 Å². The summed E-state index contributed by atoms with van der Waals surface area (Å²) in [5.74, 6) is -0.251. The molecule has 0 unspecified atom stereocenters. The number of rotatable bonds is 5. The summed E-state index contributed by atoms with van der Waals surface area (Å²) in [5.41, 5.74) is 2.14. The Morgan fingerprint density at radius 2 is 2.12 bits per heavy atom. The Morgan fingerprint density at radius 3 is 2.71 bits per heavy atom. The van der Waals surface area contributed by atoms with Gasteiger partial charge in [-0.2, -0.15) is 22.7 Å². The average molecular weight is 267 g/mol. The van der Waals surface area contributed by atoms with Crippen molar-refractivity contribution in [2.75, 3.05) is 7.11 Å². The van der Waals surface area contributed by atoms with Gasteiger partial charge in [-0.3, -0.25) is 5.32 Å². The van der Waals surface area contributed by atoms with Gasteiger partial charge in [0.25, 0.3) is 0 Å². The van der Waals surface area contributed by atoms with Crippen LogP contribution in [-0.2, 0) is 16.1 Å². The van der Waals surface area contributed by atoms with Crippen molar-refractivity contribution in [3.05, 3.63) is 44.8 Å². The molecule has 1 atom stereocenters. The molecule has 0 aliphatic carbocycles. The SMILES string of the molecule is COC(=O)[C@H](NCc1ccsc1)c1ccsc1. The van der Waals surface area contributed by atoms with Crippen molar-refractivity contribution in [1.82, 2.24) is 5.32 Å². The number of hydrogen-bond donors (Lipinski definition) is 1. The van der Waals surface area contributed by atoms with Crippen LogP contribution in [0.1, 0.15) is 17.2 Å². The Labute approximate surface area is 108 Å². The van der Waals surface area contributed by atoms with Crippen LogP contribution in [0.15, 0.2) is 33.7 Å². The smallest absolute Gasteiger partial charge is 0.327 e. The highest BCUT2D eigenvalue weighted by atomic mass is 32.1. The number of hydrogen-bond acceptors (Lipinski definition) is 5. The van der Waals surface area contributed by atoms with Crippen molar-refractivity contribution in [2.24, 2.45) is 0 Å². The summed E-state index contributed by atoms with van der Waals surface area (Å²) >= 11 is 3.22. The fraction of sp³-hybridized carbons (Fsp3) is 0.250. The van der Waals surface area contributed by atoms with Gasteiger partial charge in [0.05, 0.1) is 7.11 Å². The lowest BCUT2D eigenvalue weighted by Gasteiger charge is -2.14. The lowest BCUT2D eigenvalue weighted by atomic mass is 10.1. The minimum Gasteiger partial charge on any atom is -0.468 e. The first-order chi connectivity index (χ1) is 8.31. The zero-order chi connectivity index (χ0) is 12.1. The van der Waals surface area contributed by atoms with Crippen LogP contribution in [0.2, 0.25) is 0 Å². The van der Waals surface area contributed by atoms with Crippen LogP contribution in [0.3, 0.4) is 0 Å². The first-order valence-corrected chi connectivity index (χ1v) is 7.04. The third-order valence-electron chi connectivity index (χ3n) is 2.40. The molecule has 0 aliphatic heterocycles. The van der Waals surface area contributed by atoms with Crippen LogP contribution in [-0.4, -0.2) is 13.1 Å². The lowest BCUT2D eigenvalue weighted by Crippen LogP contribution is -2.28. The molecule has 0 spiro atoms. The second-order valence-corrected chi connectivity index (χ2v) is 5.09. The molecule has 0 amide bonds. The van der Waals surface area contributed by atoms with Gasteiger partial charge in [0, 0.05) is 6.54 Å². The highest BCUT2D eigenvalue weighted by Crippen LogP contribution is 2.18. The zero-order valence-corrected chi connectivity index (χ0v) is 11.0. The van der Waals surface area contributed by atoms with E-state index in [0.29, 0.717) is 6.54 Å². The first kappa shape index (κ1) is 12.3. The van der Waals surface area contributed by atoms with E-state index in [1.807, 2.05) is 28.3 Å². The number of ether oxygens (including phenoxy) is 1. The predicted molar refractivity (Wildman–Crippen MR) is 70.2 cm³/mol. The van der Waals surface area contributed by atoms with Crippen molar-refractivity contribution in [1.29, 1.82) is 0 Å². The van der Waals surface area contributed by atoms with E-state index in [1.54, 1.807) is 22.7 Å². The third-order valence-corrected chi connectivity index (χ3v) is 3.84. The van der Waals surface area contributed by atoms with Gasteiger partial charge in [-0.1, -0.05) is 0 Å². The summed E-state index contributed by atoms with van der Waals surface area (Å²) < 4.78 is 4.81. The normalized spacial score (nSPS) is 12.3. The van der Waals surface area contributed by atoms with Crippen LogP contribution in [0.5, 0.6) is 0 Å². The van der Waals surface area contributed by atoms with Gasteiger partial charge in [0.2, 0.25) is 0 Å². The van der Waals surface area contributed by atoms with Gasteiger partial charge in [0.1, 0.15) is 6.04 Å². The molecule has 17 heavy (non-hydrogen) atoms. The summed E-state index contributed by atoms with van der Waals surface area (Å²) in [6.07, 6.45) is 0. The molecule has 3 nitrogen and oxygen atoms in total. The fourth-order valence-electron chi connectivity index (χ4n) is 1.51. The van der Waals surface area contributed by atoms with E-state index < -0.39 is 0 Å². The van der Waals surface area contributed by atoms with E-state index in [-0.39, 0.29) is 12.0 Å². The number of methoxy groups -OCH3 is 1. The number of esters is 1. The average Bonchev–Trinajstić information content (AvgIpc) is 3.01. The standard InChI is InChI=1S/C12H13NO2S2/c1-15-12(14)11(10-3-5-17-8-10)13-6-9-2-4-16-7-9/h2-5,7-8,11,13H,6H2,1H3/t11-/m1/s1. The predicted octanol–water partition coefficient (Wildman–Crippen LogP) is 2.81. The number of thiophene rings is 2. The van der Waals surface area contributed by atoms with Crippen LogP contribution in [0.4, 0.5) is 0 Å². The van der Waals surface area contributed by atoms with E-state index in [4.69, 9.17) is 4.74 Å². The monoisotopic (exact) mass is 267 g/mol. The molecule has 0 saturated carbocycles. The maximum Gasteiger partial charge on any atom is 0.327 e. The summed E-state index contributed by atoms with van der Waals surface area (Å²) in [4.78, 5) is 11.7. The zero-order valence-electron chi connectivity index (χ0n) is 9.38. The molecule has 0 aromatic carbocycles. The molecule has 0 aliphatic rings. The molecule has 2 heterocycles. The highest BCUT2D eigenvalue weighted by Gasteiger charge is 2.20. The maximum atomic E-state index is 11.7. The van der Waals surface area contributed by atoms with Gasteiger partial charge < -0.3 is 4.74 Å². The van der Waals surface area contributed by atoms with Crippen molar-refractivity contribution < 1.29 is 9.53 Å². The van der Waals surface area contributed by atoms with E-state index in [9.17, 15) is 4.79 Å². The summed E-state index contributed by atoms with van der Waals surface area (Å²) in [6.45, 7) is 0.666. The van der Waals surface area contributed by atoms with Crippen molar-refractivity contribution in [3.63, 3.8) is 0 Å². The van der Waals surface area contributed by atoms with Crippen LogP contribution < -0.4 is 5.32 Å². The molecule has 0 bridgehead atoms. The number of carbonyl (C=O) groups excluding carboxylic acids is 1. The van der Waals surface area contributed by atoms with Gasteiger partial charge in [0.15, 0.2) is 0 Å². The van der Waals surface area contributed by atoms with Gasteiger partial charge >= 0.3 is 5.97 Å². The molecule has 90 valence electrons. The van der Waals surface area contributed by atoms with E-state index >= 15 is 0 Å². The molecule has 0 saturated heterocycles. The molecule has 2 aromatic heterocycles. The molecule has 1 N–H and O–H groups in total. The molecule has 0 fully saturated rings. The Balaban J connectivity index is 2.04. The summed E-state index contributed by atoms with van der Waals surface area (Å²) in [6, 6.07) is 3.60. The van der Waals surface area contributed by atoms with Gasteiger partial charge in [-0.25, -0.2) is 4.79 Å². The van der Waals surface area contributed by atoms with Crippen LogP contribution in [0, 0.1) is 0 Å². The van der Waals surface area contributed by atoms with Gasteiger partial charge in [-0.15, -0.1) is 0 Å². The second-order valence-electron chi connectivity index (χ2n) is 3.53. The number of carbonyl (C=O) groups is 1. The molecular formula is C12H13NO2S2. The Bertz CT molecular complexity index is 451. The second kappa shape index (κ2) is 5.95. The molecule has 5 heteroatoms. The van der Waals surface area contributed by atoms with Crippen LogP contribution >= 0.6 is 22.7 Å². The molecule has 2 rings (SSSR count). The summed E-state index contributed by atoms with van der Waals surface area (Å²) in [7, 11) is 1.41. The Kier molecular flexibility index (Phi) is 4.30. The quantitative estimate of drug-likeness (QED) is 0.847. The minimum atomic E-state index is -0.383. The summed E-state index contributed by atoms with van der Waals surface area (Å²) in [5, 5.41) is 11.2. The maximum absolute atomic E-state index is 11.7. The fourth-order valence-corrected chi connectivity index (χ4v) is 2.86. The van der Waals surface area contributed by atoms with Crippen molar-refractivity contribution in [2.45, 2.75) is 12.6 Å². The Morgan fingerprint density at radius 1 is 1.35 bits per heavy atom. The van der Waals surface area contributed by atoms with Crippen molar-refractivity contribution in [3.8, 4) is 0 Å². The molecular weight excluding hydrogens is 254 g/mol. The minimum absolute atomic E-state index is 0.251. The lowest BCUT2D eigenvalue weighted by molar-refractivity contribution is -0.143.